The van der Waals surface area contributed by atoms with Gasteiger partial charge in [0.1, 0.15) is 0 Å². The highest BCUT2D eigenvalue weighted by Gasteiger charge is 2.20. The summed E-state index contributed by atoms with van der Waals surface area (Å²) in [4.78, 5) is 0. The van der Waals surface area contributed by atoms with Gasteiger partial charge in [0.2, 0.25) is 0 Å². The Bertz CT molecular complexity index is 7310. The van der Waals surface area contributed by atoms with Crippen LogP contribution in [0, 0.1) is 0 Å². The zero-order valence-electron chi connectivity index (χ0n) is 63.4. The molecule has 0 bridgehead atoms. The Morgan fingerprint density at radius 3 is 0.716 bits per heavy atom. The normalized spacial score (nSPS) is 11.4. The molecule has 22 rings (SSSR count). The van der Waals surface area contributed by atoms with Gasteiger partial charge in [0.05, 0.1) is 11.0 Å². The molecule has 4 aromatic heterocycles. The Kier molecular flexibility index (Phi) is 18.1. The molecule has 0 spiro atoms. The number of rotatable bonds is 14. The summed E-state index contributed by atoms with van der Waals surface area (Å²) < 4.78 is 10.00. The molecule has 0 atom stereocenters. The molecule has 0 radical (unpaired) electrons. The summed E-state index contributed by atoms with van der Waals surface area (Å²) in [7, 11) is 0. The van der Waals surface area contributed by atoms with Gasteiger partial charge in [-0.2, -0.15) is 0 Å². The van der Waals surface area contributed by atoms with Crippen molar-refractivity contribution in [2.75, 3.05) is 0 Å². The average molecular weight is 1510 g/mol. The molecular formula is C112H74N2S2. The molecule has 18 aromatic carbocycles. The second kappa shape index (κ2) is 30.2. The third kappa shape index (κ3) is 13.3. The first kappa shape index (κ1) is 69.4. The first-order valence-corrected chi connectivity index (χ1v) is 41.3. The van der Waals surface area contributed by atoms with Crippen LogP contribution in [-0.4, -0.2) is 9.13 Å². The maximum absolute atomic E-state index is 2.37. The highest BCUT2D eigenvalue weighted by Crippen LogP contribution is 2.47. The van der Waals surface area contributed by atoms with Crippen molar-refractivity contribution < 1.29 is 0 Å². The van der Waals surface area contributed by atoms with Crippen LogP contribution in [0.25, 0.3) is 207 Å². The van der Waals surface area contributed by atoms with E-state index in [4.69, 9.17) is 0 Å². The number of hydrogen-bond acceptors (Lipinski definition) is 2. The number of hydrogen-bond donors (Lipinski definition) is 0. The van der Waals surface area contributed by atoms with Crippen LogP contribution in [0.5, 0.6) is 0 Å². The lowest BCUT2D eigenvalue weighted by Crippen LogP contribution is -1.92. The van der Waals surface area contributed by atoms with Crippen LogP contribution in [0.1, 0.15) is 0 Å². The molecule has 0 saturated carbocycles. The van der Waals surface area contributed by atoms with Crippen molar-refractivity contribution in [3.63, 3.8) is 0 Å². The van der Waals surface area contributed by atoms with Gasteiger partial charge in [-0.25, -0.2) is 0 Å². The lowest BCUT2D eigenvalue weighted by molar-refractivity contribution is 1.13. The highest BCUT2D eigenvalue weighted by atomic mass is 32.1. The van der Waals surface area contributed by atoms with Crippen LogP contribution in [0.4, 0.5) is 0 Å². The summed E-state index contributed by atoms with van der Waals surface area (Å²) in [6.07, 6.45) is 4.63. The van der Waals surface area contributed by atoms with Crippen LogP contribution in [0.3, 0.4) is 0 Å². The van der Waals surface area contributed by atoms with E-state index in [1.54, 1.807) is 0 Å². The van der Waals surface area contributed by atoms with Gasteiger partial charge in [0.25, 0.3) is 0 Å². The number of thiophene rings is 2. The molecule has 22 aromatic rings. The zero-order valence-corrected chi connectivity index (χ0v) is 65.1. The molecule has 4 heterocycles. The van der Waals surface area contributed by atoms with E-state index < -0.39 is 0 Å². The van der Waals surface area contributed by atoms with Gasteiger partial charge in [-0.3, -0.25) is 0 Å². The summed E-state index contributed by atoms with van der Waals surface area (Å²) in [6, 6.07) is 159. The molecule has 2 nitrogen and oxygen atoms in total. The predicted octanol–water partition coefficient (Wildman–Crippen LogP) is 32.0. The van der Waals surface area contributed by atoms with Gasteiger partial charge >= 0.3 is 0 Å². The summed E-state index contributed by atoms with van der Waals surface area (Å²) in [5.41, 5.74) is 34.0. The Labute approximate surface area is 683 Å². The first-order valence-electron chi connectivity index (χ1n) is 39.6. The standard InChI is InChI=1S/2C56H37NS/c1-4-12-38(13-5-1)40-22-24-42(25-23-40)46-32-35-54-52(36-46)53(45-28-26-41(27-29-45)39-14-6-2-7-15-39)37-57(54)47-33-30-44(31-34-47)49-19-11-21-51-50-20-10-18-48(55(50)58-56(49)51)43-16-8-3-9-17-43;1-4-10-38(11-5-1)41-16-18-43(19-17-41)46-26-31-54-50(34-46)53(45-22-20-42(21-23-45)39-12-6-2-7-13-39)37-57(54)49-29-24-44(25-30-49)48-28-33-56-52(36-48)51-35-47(27-32-55(51)58-56)40-14-8-3-9-15-40/h2*1-37H. The van der Waals surface area contributed by atoms with Gasteiger partial charge in [-0.15, -0.1) is 22.7 Å². The minimum Gasteiger partial charge on any atom is -0.316 e. The quantitative estimate of drug-likeness (QED) is 0.103. The van der Waals surface area contributed by atoms with E-state index in [0.717, 1.165) is 11.4 Å². The Hall–Kier alpha value is -14.5. The second-order valence-electron chi connectivity index (χ2n) is 29.9. The largest absolute Gasteiger partial charge is 0.316 e. The zero-order chi connectivity index (χ0) is 76.8. The summed E-state index contributed by atoms with van der Waals surface area (Å²) in [5.74, 6) is 0. The lowest BCUT2D eigenvalue weighted by atomic mass is 9.97. The molecule has 0 aliphatic carbocycles. The molecule has 0 saturated heterocycles. The van der Waals surface area contributed by atoms with E-state index in [0.29, 0.717) is 0 Å². The minimum absolute atomic E-state index is 1.13. The molecule has 544 valence electrons. The topological polar surface area (TPSA) is 9.86 Å². The molecule has 0 aliphatic rings. The van der Waals surface area contributed by atoms with Crippen molar-refractivity contribution in [3.05, 3.63) is 449 Å². The minimum atomic E-state index is 1.13. The lowest BCUT2D eigenvalue weighted by Gasteiger charge is -2.09. The van der Waals surface area contributed by atoms with Gasteiger partial charge < -0.3 is 9.13 Å². The number of aromatic nitrogens is 2. The van der Waals surface area contributed by atoms with E-state index in [1.165, 1.54) is 196 Å². The fourth-order valence-corrected chi connectivity index (χ4v) is 19.3. The first-order chi connectivity index (χ1) is 57.5. The second-order valence-corrected chi connectivity index (χ2v) is 32.0. The molecule has 0 N–H and O–H groups in total. The van der Waals surface area contributed by atoms with Crippen molar-refractivity contribution in [3.8, 4) is 145 Å². The van der Waals surface area contributed by atoms with Crippen molar-refractivity contribution in [2.45, 2.75) is 0 Å². The monoisotopic (exact) mass is 1510 g/mol. The van der Waals surface area contributed by atoms with E-state index in [1.807, 2.05) is 22.7 Å². The Morgan fingerprint density at radius 2 is 0.379 bits per heavy atom. The van der Waals surface area contributed by atoms with E-state index in [-0.39, 0.29) is 0 Å². The highest BCUT2D eigenvalue weighted by molar-refractivity contribution is 7.27. The van der Waals surface area contributed by atoms with Crippen LogP contribution < -0.4 is 0 Å². The van der Waals surface area contributed by atoms with E-state index >= 15 is 0 Å². The molecule has 0 fully saturated rings. The van der Waals surface area contributed by atoms with E-state index in [2.05, 4.69) is 458 Å². The van der Waals surface area contributed by atoms with Crippen LogP contribution in [-0.2, 0) is 0 Å². The third-order valence-corrected chi connectivity index (χ3v) is 25.4. The maximum atomic E-state index is 2.37. The Balaban J connectivity index is 0.000000145. The fraction of sp³-hybridized carbons (Fsp3) is 0. The van der Waals surface area contributed by atoms with Crippen molar-refractivity contribution in [2.24, 2.45) is 0 Å². The van der Waals surface area contributed by atoms with Gasteiger partial charge in [0, 0.05) is 86.0 Å². The number of fused-ring (bicyclic) bond motifs is 8. The number of nitrogens with zero attached hydrogens (tertiary/aromatic N) is 2. The van der Waals surface area contributed by atoms with Crippen LogP contribution in [0.2, 0.25) is 0 Å². The maximum Gasteiger partial charge on any atom is 0.0535 e. The van der Waals surface area contributed by atoms with Crippen molar-refractivity contribution in [1.29, 1.82) is 0 Å². The summed E-state index contributed by atoms with van der Waals surface area (Å²) in [6.45, 7) is 0. The van der Waals surface area contributed by atoms with Crippen LogP contribution in [0.15, 0.2) is 449 Å². The smallest absolute Gasteiger partial charge is 0.0535 e. The predicted molar refractivity (Wildman–Crippen MR) is 498 cm³/mol. The Morgan fingerprint density at radius 1 is 0.147 bits per heavy atom. The van der Waals surface area contributed by atoms with Crippen LogP contribution >= 0.6 is 22.7 Å². The molecule has 0 amide bonds. The van der Waals surface area contributed by atoms with E-state index in [9.17, 15) is 0 Å². The average Bonchev–Trinajstić information content (AvgIpc) is 1.62. The number of benzene rings is 18. The third-order valence-electron chi connectivity index (χ3n) is 23.0. The summed E-state index contributed by atoms with van der Waals surface area (Å²) in [5, 5.41) is 7.70. The van der Waals surface area contributed by atoms with Gasteiger partial charge in [0.15, 0.2) is 0 Å². The molecule has 0 unspecified atom stereocenters. The molecule has 0 aliphatic heterocycles. The molecule has 4 heteroatoms. The molecular weight excluding hydrogens is 1440 g/mol. The fourth-order valence-electron chi connectivity index (χ4n) is 16.9. The summed E-state index contributed by atoms with van der Waals surface area (Å²) >= 11 is 3.77. The van der Waals surface area contributed by atoms with Gasteiger partial charge in [-0.05, 0) is 195 Å². The molecule has 116 heavy (non-hydrogen) atoms. The SMILES string of the molecule is c1ccc(-c2ccc(-c3ccc4c(c3)c(-c3ccc(-c5ccccc5)cc3)cn4-c3ccc(-c4ccc5sc6ccc(-c7ccccc7)cc6c5c4)cc3)cc2)cc1.c1ccc(-c2ccc(-c3ccc4c(c3)c(-c3ccc(-c5ccccc5)cc3)cn4-c3ccc(-c4cccc5c4sc4c(-c6ccccc6)cccc45)cc3)cc2)cc1. The van der Waals surface area contributed by atoms with Gasteiger partial charge in [-0.1, -0.05) is 364 Å². The van der Waals surface area contributed by atoms with Crippen molar-refractivity contribution in [1.82, 2.24) is 9.13 Å². The van der Waals surface area contributed by atoms with Crippen molar-refractivity contribution >= 4 is 84.8 Å².